The van der Waals surface area contributed by atoms with Gasteiger partial charge in [-0.1, -0.05) is 6.07 Å². The fraction of sp³-hybridized carbons (Fsp3) is 0.368. The number of aliphatic hydroxyl groups is 1. The van der Waals surface area contributed by atoms with Gasteiger partial charge in [0.2, 0.25) is 5.91 Å². The number of aromatic nitrogens is 1. The monoisotopic (exact) mass is 404 g/mol. The summed E-state index contributed by atoms with van der Waals surface area (Å²) in [5.74, 6) is -0.289. The van der Waals surface area contributed by atoms with Crippen molar-refractivity contribution in [3.63, 3.8) is 0 Å². The number of benzene rings is 1. The van der Waals surface area contributed by atoms with Crippen LogP contribution in [0, 0.1) is 5.82 Å². The molecule has 2 N–H and O–H groups in total. The average molecular weight is 404 g/mol. The van der Waals surface area contributed by atoms with Gasteiger partial charge in [-0.05, 0) is 23.4 Å². The number of nitrogens with one attached hydrogen (secondary N) is 1. The first kappa shape index (κ1) is 19.2. The Hall–Kier alpha value is -3.11. The minimum absolute atomic E-state index is 0.237. The molecule has 0 spiro atoms. The summed E-state index contributed by atoms with van der Waals surface area (Å²) in [4.78, 5) is 20.5. The first-order valence-electron chi connectivity index (χ1n) is 9.24. The highest BCUT2D eigenvalue weighted by Gasteiger charge is 2.24. The summed E-state index contributed by atoms with van der Waals surface area (Å²) in [6.07, 6.45) is 2.88. The Morgan fingerprint density at radius 3 is 2.83 bits per heavy atom. The Balaban J connectivity index is 1.37. The minimum Gasteiger partial charge on any atom is -0.472 e. The molecule has 1 saturated heterocycles. The van der Waals surface area contributed by atoms with Crippen molar-refractivity contribution < 1.29 is 28.4 Å². The van der Waals surface area contributed by atoms with Crippen molar-refractivity contribution in [3.05, 3.63) is 48.0 Å². The Kier molecular flexibility index (Phi) is 5.63. The number of amides is 1. The van der Waals surface area contributed by atoms with Crippen LogP contribution in [0.15, 0.2) is 41.1 Å². The van der Waals surface area contributed by atoms with E-state index < -0.39 is 6.61 Å². The number of hydrogen-bond donors (Lipinski definition) is 2. The maximum Gasteiger partial charge on any atom is 0.254 e. The lowest BCUT2D eigenvalue weighted by molar-refractivity contribution is -0.134. The molecule has 4 rings (SSSR count). The second kappa shape index (κ2) is 8.50. The van der Waals surface area contributed by atoms with Crippen LogP contribution in [0.4, 0.5) is 10.1 Å². The molecule has 29 heavy (non-hydrogen) atoms. The lowest BCUT2D eigenvalue weighted by Gasteiger charge is -2.36. The predicted molar refractivity (Wildman–Crippen MR) is 100 cm³/mol. The van der Waals surface area contributed by atoms with Crippen molar-refractivity contribution in [1.29, 1.82) is 0 Å². The SMILES string of the molecule is O=C(CO)N1CCN(c2ccc(C3=CC(COc4ccon4)ON3)cc2F)CC1. The number of hydrogen-bond acceptors (Lipinski definition) is 8. The summed E-state index contributed by atoms with van der Waals surface area (Å²) in [5.41, 5.74) is 4.59. The number of hydroxylamine groups is 1. The Bertz CT molecular complexity index is 881. The van der Waals surface area contributed by atoms with Crippen LogP contribution in [0.1, 0.15) is 5.56 Å². The zero-order valence-electron chi connectivity index (χ0n) is 15.6. The fourth-order valence-electron chi connectivity index (χ4n) is 3.30. The highest BCUT2D eigenvalue weighted by molar-refractivity contribution is 5.77. The largest absolute Gasteiger partial charge is 0.472 e. The van der Waals surface area contributed by atoms with Gasteiger partial charge in [0.25, 0.3) is 5.88 Å². The van der Waals surface area contributed by atoms with Crippen LogP contribution in [0.3, 0.4) is 0 Å². The molecular weight excluding hydrogens is 383 g/mol. The second-order valence-corrected chi connectivity index (χ2v) is 6.68. The highest BCUT2D eigenvalue weighted by Crippen LogP contribution is 2.26. The first-order valence-corrected chi connectivity index (χ1v) is 9.24. The van der Waals surface area contributed by atoms with Crippen LogP contribution < -0.4 is 15.1 Å². The molecule has 10 heteroatoms. The number of carbonyl (C=O) groups excluding carboxylic acids is 1. The topological polar surface area (TPSA) is 100 Å². The van der Waals surface area contributed by atoms with Crippen LogP contribution in [0.5, 0.6) is 5.88 Å². The van der Waals surface area contributed by atoms with E-state index in [1.807, 2.05) is 17.0 Å². The summed E-state index contributed by atoms with van der Waals surface area (Å²) in [6.45, 7) is 1.65. The molecular formula is C19H21FN4O5. The third kappa shape index (κ3) is 4.33. The third-order valence-corrected chi connectivity index (χ3v) is 4.85. The molecule has 0 aliphatic carbocycles. The van der Waals surface area contributed by atoms with Gasteiger partial charge in [0.1, 0.15) is 31.4 Å². The van der Waals surface area contributed by atoms with Crippen LogP contribution in [0.2, 0.25) is 0 Å². The van der Waals surface area contributed by atoms with Gasteiger partial charge in [0, 0.05) is 37.8 Å². The summed E-state index contributed by atoms with van der Waals surface area (Å²) >= 11 is 0. The number of ether oxygens (including phenoxy) is 1. The van der Waals surface area contributed by atoms with Crippen molar-refractivity contribution in [1.82, 2.24) is 15.5 Å². The summed E-state index contributed by atoms with van der Waals surface area (Å²) in [7, 11) is 0. The number of piperazine rings is 1. The normalized spacial score (nSPS) is 19.1. The lowest BCUT2D eigenvalue weighted by atomic mass is 10.1. The second-order valence-electron chi connectivity index (χ2n) is 6.68. The van der Waals surface area contributed by atoms with E-state index in [1.165, 1.54) is 12.3 Å². The summed E-state index contributed by atoms with van der Waals surface area (Å²) in [5, 5.41) is 12.6. The predicted octanol–water partition coefficient (Wildman–Crippen LogP) is 0.778. The van der Waals surface area contributed by atoms with Gasteiger partial charge in [-0.3, -0.25) is 15.1 Å². The van der Waals surface area contributed by atoms with E-state index in [4.69, 9.17) is 19.2 Å². The fourth-order valence-corrected chi connectivity index (χ4v) is 3.30. The smallest absolute Gasteiger partial charge is 0.254 e. The van der Waals surface area contributed by atoms with Crippen molar-refractivity contribution in [3.8, 4) is 5.88 Å². The molecule has 1 fully saturated rings. The molecule has 0 bridgehead atoms. The molecule has 1 aromatic heterocycles. The Morgan fingerprint density at radius 2 is 2.14 bits per heavy atom. The molecule has 2 aliphatic heterocycles. The minimum atomic E-state index is -0.502. The lowest BCUT2D eigenvalue weighted by Crippen LogP contribution is -2.49. The van der Waals surface area contributed by atoms with Gasteiger partial charge in [-0.2, -0.15) is 0 Å². The molecule has 0 saturated carbocycles. The molecule has 1 unspecified atom stereocenters. The molecule has 2 aromatic rings. The first-order chi connectivity index (χ1) is 14.1. The highest BCUT2D eigenvalue weighted by atomic mass is 19.1. The summed E-state index contributed by atoms with van der Waals surface area (Å²) in [6, 6.07) is 6.58. The molecule has 0 radical (unpaired) electrons. The molecule has 1 amide bonds. The molecule has 1 atom stereocenters. The number of nitrogens with zero attached hydrogens (tertiary/aromatic N) is 3. The van der Waals surface area contributed by atoms with Crippen molar-refractivity contribution in [2.75, 3.05) is 44.3 Å². The molecule has 154 valence electrons. The van der Waals surface area contributed by atoms with Crippen LogP contribution >= 0.6 is 0 Å². The van der Waals surface area contributed by atoms with E-state index in [9.17, 15) is 9.18 Å². The number of rotatable bonds is 6. The van der Waals surface area contributed by atoms with Crippen molar-refractivity contribution in [2.45, 2.75) is 6.10 Å². The quantitative estimate of drug-likeness (QED) is 0.729. The van der Waals surface area contributed by atoms with Gasteiger partial charge in [0.15, 0.2) is 0 Å². The molecule has 9 nitrogen and oxygen atoms in total. The Morgan fingerprint density at radius 1 is 1.31 bits per heavy atom. The average Bonchev–Trinajstić information content (AvgIpc) is 3.44. The van der Waals surface area contributed by atoms with E-state index in [1.54, 1.807) is 17.0 Å². The van der Waals surface area contributed by atoms with E-state index in [0.29, 0.717) is 49.0 Å². The van der Waals surface area contributed by atoms with Crippen molar-refractivity contribution in [2.24, 2.45) is 0 Å². The number of aliphatic hydroxyl groups excluding tert-OH is 1. The van der Waals surface area contributed by atoms with Gasteiger partial charge >= 0.3 is 0 Å². The van der Waals surface area contributed by atoms with Crippen LogP contribution in [0.25, 0.3) is 5.70 Å². The van der Waals surface area contributed by atoms with E-state index in [0.717, 1.165) is 0 Å². The van der Waals surface area contributed by atoms with Gasteiger partial charge in [0.05, 0.1) is 11.4 Å². The molecule has 2 aliphatic rings. The maximum atomic E-state index is 14.7. The van der Waals surface area contributed by atoms with E-state index >= 15 is 0 Å². The van der Waals surface area contributed by atoms with Gasteiger partial charge in [-0.15, -0.1) is 0 Å². The number of anilines is 1. The zero-order chi connectivity index (χ0) is 20.2. The van der Waals surface area contributed by atoms with Crippen LogP contribution in [-0.4, -0.2) is 66.6 Å². The Labute approximate surface area is 166 Å². The van der Waals surface area contributed by atoms with Gasteiger partial charge in [-0.25, -0.2) is 4.39 Å². The third-order valence-electron chi connectivity index (χ3n) is 4.85. The van der Waals surface area contributed by atoms with Crippen LogP contribution in [-0.2, 0) is 9.63 Å². The summed E-state index contributed by atoms with van der Waals surface area (Å²) < 4.78 is 24.9. The zero-order valence-corrected chi connectivity index (χ0v) is 15.6. The van der Waals surface area contributed by atoms with Crippen molar-refractivity contribution >= 4 is 17.3 Å². The van der Waals surface area contributed by atoms with Gasteiger partial charge < -0.3 is 24.2 Å². The van der Waals surface area contributed by atoms with E-state index in [2.05, 4.69) is 10.6 Å². The number of halogens is 1. The molecule has 1 aromatic carbocycles. The van der Waals surface area contributed by atoms with E-state index in [-0.39, 0.29) is 24.4 Å². The maximum absolute atomic E-state index is 14.7. The number of carbonyl (C=O) groups is 1. The standard InChI is InChI=1S/C19H21FN4O5/c20-15-9-13(16-10-14(29-21-16)12-27-18-3-8-28-22-18)1-2-17(15)23-4-6-24(7-5-23)19(26)11-25/h1-3,8-10,14,21,25H,4-7,11-12H2. The molecule has 3 heterocycles.